The number of anilines is 4. The average molecular weight is 395 g/mol. The van der Waals surface area contributed by atoms with Crippen molar-refractivity contribution in [2.75, 3.05) is 10.2 Å². The number of nitrogens with zero attached hydrogens (tertiary/aromatic N) is 3. The quantitative estimate of drug-likeness (QED) is 0.379. The molecule has 1 heterocycles. The van der Waals surface area contributed by atoms with Gasteiger partial charge in [-0.15, -0.1) is 0 Å². The molecular weight excluding hydrogens is 368 g/mol. The molecule has 0 aliphatic rings. The Balaban J connectivity index is 1.86. The molecule has 4 rings (SSSR count). The van der Waals surface area contributed by atoms with Gasteiger partial charge in [0.25, 0.3) is 0 Å². The molecule has 30 heavy (non-hydrogen) atoms. The molecule has 0 aliphatic carbocycles. The van der Waals surface area contributed by atoms with Crippen molar-refractivity contribution < 1.29 is 0 Å². The zero-order chi connectivity index (χ0) is 20.8. The van der Waals surface area contributed by atoms with E-state index < -0.39 is 0 Å². The Morgan fingerprint density at radius 3 is 1.83 bits per heavy atom. The normalized spacial score (nSPS) is 12.7. The number of benzene rings is 3. The van der Waals surface area contributed by atoms with E-state index in [1.165, 1.54) is 5.56 Å². The van der Waals surface area contributed by atoms with Crippen LogP contribution >= 0.6 is 0 Å². The molecule has 0 aliphatic heterocycles. The second-order valence-corrected chi connectivity index (χ2v) is 7.41. The summed E-state index contributed by atoms with van der Waals surface area (Å²) in [6, 6.07) is 31.3. The Kier molecular flexibility index (Phi) is 5.75. The molecule has 4 nitrogen and oxygen atoms in total. The van der Waals surface area contributed by atoms with Crippen LogP contribution in [0.15, 0.2) is 103 Å². The van der Waals surface area contributed by atoms with Crippen molar-refractivity contribution >= 4 is 23.0 Å². The minimum Gasteiger partial charge on any atom is -0.345 e. The maximum absolute atomic E-state index is 4.39. The number of aromatic nitrogens is 2. The molecule has 0 bridgehead atoms. The first-order valence-corrected chi connectivity index (χ1v) is 10.3. The van der Waals surface area contributed by atoms with E-state index >= 15 is 0 Å². The summed E-state index contributed by atoms with van der Waals surface area (Å²) >= 11 is 0. The second-order valence-electron chi connectivity index (χ2n) is 7.41. The van der Waals surface area contributed by atoms with Gasteiger partial charge in [-0.2, -0.15) is 0 Å². The Bertz CT molecular complexity index is 1030. The molecule has 0 saturated heterocycles. The van der Waals surface area contributed by atoms with Crippen LogP contribution in [0.5, 0.6) is 0 Å². The fraction of sp³-hybridized carbons (Fsp3) is 0.154. The van der Waals surface area contributed by atoms with Gasteiger partial charge in [0.1, 0.15) is 0 Å². The van der Waals surface area contributed by atoms with Crippen molar-refractivity contribution in [3.63, 3.8) is 0 Å². The van der Waals surface area contributed by atoms with Crippen LogP contribution < -0.4 is 10.2 Å². The molecule has 3 aromatic carbocycles. The van der Waals surface area contributed by atoms with E-state index in [4.69, 9.17) is 0 Å². The standard InChI is InChI=1S/C26H26N4/c1-3-26(2,29-25-27-19-12-20-28-25)23-17-10-11-18-24(23)30(21-13-6-4-7-14-21)22-15-8-5-9-16-22/h4-20H,3H2,1-2H3,(H,27,28,29). The largest absolute Gasteiger partial charge is 0.345 e. The lowest BCUT2D eigenvalue weighted by Crippen LogP contribution is -2.33. The van der Waals surface area contributed by atoms with Crippen LogP contribution in [0.2, 0.25) is 0 Å². The molecular formula is C26H26N4. The van der Waals surface area contributed by atoms with E-state index in [0.717, 1.165) is 23.5 Å². The Hall–Kier alpha value is -3.66. The highest BCUT2D eigenvalue weighted by Crippen LogP contribution is 2.41. The van der Waals surface area contributed by atoms with Crippen LogP contribution in [0.3, 0.4) is 0 Å². The maximum atomic E-state index is 4.39. The summed E-state index contributed by atoms with van der Waals surface area (Å²) < 4.78 is 0. The molecule has 0 amide bonds. The molecule has 1 atom stereocenters. The van der Waals surface area contributed by atoms with Crippen molar-refractivity contribution in [2.24, 2.45) is 0 Å². The Labute approximate surface area is 178 Å². The maximum Gasteiger partial charge on any atom is 0.223 e. The molecule has 4 aromatic rings. The number of hydrogen-bond acceptors (Lipinski definition) is 4. The van der Waals surface area contributed by atoms with E-state index in [1.54, 1.807) is 12.4 Å². The van der Waals surface area contributed by atoms with E-state index in [2.05, 4.69) is 107 Å². The summed E-state index contributed by atoms with van der Waals surface area (Å²) in [5.41, 5.74) is 4.20. The van der Waals surface area contributed by atoms with Crippen LogP contribution in [-0.2, 0) is 5.54 Å². The van der Waals surface area contributed by atoms with E-state index in [-0.39, 0.29) is 5.54 Å². The van der Waals surface area contributed by atoms with Crippen molar-refractivity contribution in [3.8, 4) is 0 Å². The molecule has 1 aromatic heterocycles. The van der Waals surface area contributed by atoms with Crippen molar-refractivity contribution in [2.45, 2.75) is 25.8 Å². The van der Waals surface area contributed by atoms with Gasteiger partial charge in [0.05, 0.1) is 11.2 Å². The zero-order valence-corrected chi connectivity index (χ0v) is 17.4. The third-order valence-corrected chi connectivity index (χ3v) is 5.43. The second kappa shape index (κ2) is 8.78. The van der Waals surface area contributed by atoms with E-state index in [0.29, 0.717) is 5.95 Å². The Morgan fingerprint density at radius 1 is 0.733 bits per heavy atom. The number of rotatable bonds is 7. The first kappa shape index (κ1) is 19.6. The molecule has 0 saturated carbocycles. The first-order chi connectivity index (χ1) is 14.7. The monoisotopic (exact) mass is 394 g/mol. The fourth-order valence-corrected chi connectivity index (χ4v) is 3.67. The minimum absolute atomic E-state index is 0.347. The SMILES string of the molecule is CCC(C)(Nc1ncccn1)c1ccccc1N(c1ccccc1)c1ccccc1. The number of para-hydroxylation sites is 3. The topological polar surface area (TPSA) is 41.1 Å². The highest BCUT2D eigenvalue weighted by atomic mass is 15.2. The molecule has 0 fully saturated rings. The highest BCUT2D eigenvalue weighted by molar-refractivity contribution is 5.79. The van der Waals surface area contributed by atoms with Crippen LogP contribution in [0.1, 0.15) is 25.8 Å². The minimum atomic E-state index is -0.347. The third-order valence-electron chi connectivity index (χ3n) is 5.43. The van der Waals surface area contributed by atoms with Gasteiger partial charge < -0.3 is 10.2 Å². The zero-order valence-electron chi connectivity index (χ0n) is 17.4. The lowest BCUT2D eigenvalue weighted by atomic mass is 9.87. The summed E-state index contributed by atoms with van der Waals surface area (Å²) in [5.74, 6) is 0.627. The van der Waals surface area contributed by atoms with Gasteiger partial charge in [-0.05, 0) is 49.7 Å². The lowest BCUT2D eigenvalue weighted by molar-refractivity contribution is 0.519. The van der Waals surface area contributed by atoms with Gasteiger partial charge >= 0.3 is 0 Å². The molecule has 0 spiro atoms. The fourth-order valence-electron chi connectivity index (χ4n) is 3.67. The van der Waals surface area contributed by atoms with Gasteiger partial charge in [0, 0.05) is 29.3 Å². The van der Waals surface area contributed by atoms with Crippen LogP contribution in [0.25, 0.3) is 0 Å². The lowest BCUT2D eigenvalue weighted by Gasteiger charge is -2.36. The number of hydrogen-bond donors (Lipinski definition) is 1. The third kappa shape index (κ3) is 4.03. The predicted octanol–water partition coefficient (Wildman–Crippen LogP) is 6.68. The molecule has 0 radical (unpaired) electrons. The van der Waals surface area contributed by atoms with Crippen LogP contribution in [0.4, 0.5) is 23.0 Å². The van der Waals surface area contributed by atoms with Crippen molar-refractivity contribution in [1.29, 1.82) is 0 Å². The average Bonchev–Trinajstić information content (AvgIpc) is 2.82. The van der Waals surface area contributed by atoms with Gasteiger partial charge in [0.15, 0.2) is 0 Å². The van der Waals surface area contributed by atoms with Crippen molar-refractivity contribution in [1.82, 2.24) is 9.97 Å². The van der Waals surface area contributed by atoms with Gasteiger partial charge in [-0.25, -0.2) is 9.97 Å². The summed E-state index contributed by atoms with van der Waals surface area (Å²) in [6.07, 6.45) is 4.40. The van der Waals surface area contributed by atoms with E-state index in [9.17, 15) is 0 Å². The smallest absolute Gasteiger partial charge is 0.223 e. The molecule has 1 N–H and O–H groups in total. The Morgan fingerprint density at radius 2 is 1.27 bits per heavy atom. The molecule has 4 heteroatoms. The summed E-state index contributed by atoms with van der Waals surface area (Å²) in [6.45, 7) is 4.39. The first-order valence-electron chi connectivity index (χ1n) is 10.3. The number of nitrogens with one attached hydrogen (secondary N) is 1. The summed E-state index contributed by atoms with van der Waals surface area (Å²) in [5, 5.41) is 3.57. The van der Waals surface area contributed by atoms with Crippen molar-refractivity contribution in [3.05, 3.63) is 109 Å². The van der Waals surface area contributed by atoms with Gasteiger partial charge in [0.2, 0.25) is 5.95 Å². The van der Waals surface area contributed by atoms with Crippen LogP contribution in [-0.4, -0.2) is 9.97 Å². The van der Waals surface area contributed by atoms with Gasteiger partial charge in [-0.1, -0.05) is 61.5 Å². The molecule has 1 unspecified atom stereocenters. The highest BCUT2D eigenvalue weighted by Gasteiger charge is 2.30. The van der Waals surface area contributed by atoms with Crippen LogP contribution in [0, 0.1) is 0 Å². The summed E-state index contributed by atoms with van der Waals surface area (Å²) in [7, 11) is 0. The molecule has 150 valence electrons. The van der Waals surface area contributed by atoms with E-state index in [1.807, 2.05) is 18.2 Å². The van der Waals surface area contributed by atoms with Gasteiger partial charge in [-0.3, -0.25) is 0 Å². The predicted molar refractivity (Wildman–Crippen MR) is 124 cm³/mol. The summed E-state index contributed by atoms with van der Waals surface area (Å²) in [4.78, 5) is 11.1.